The van der Waals surface area contributed by atoms with Gasteiger partial charge in [-0.1, -0.05) is 69.2 Å². The molecule has 0 bridgehead atoms. The van der Waals surface area contributed by atoms with E-state index in [1.54, 1.807) is 0 Å². The van der Waals surface area contributed by atoms with Crippen LogP contribution in [0.2, 0.25) is 0 Å². The van der Waals surface area contributed by atoms with Gasteiger partial charge in [0, 0.05) is 71.9 Å². The molecule has 3 saturated carbocycles. The molecular weight excluding hydrogens is 576 g/mol. The zero-order valence-electron chi connectivity index (χ0n) is 29.4. The Hall–Kier alpha value is 1.19. The SMILES string of the molecule is CC1C(C)C(C)C(C)C1C.CC1C(C)C(C)C(C)C1C.CO.CO.CO.CO.OC1CCC(O)CC1.[CH3-].[CH3-].[Ti].[Ti]. The van der Waals surface area contributed by atoms with E-state index in [1.807, 2.05) is 0 Å². The van der Waals surface area contributed by atoms with Crippen LogP contribution >= 0.6 is 0 Å². The molecule has 3 rings (SSSR count). The Bertz CT molecular complexity index is 323. The molecule has 0 aliphatic heterocycles. The molecule has 0 unspecified atom stereocenters. The van der Waals surface area contributed by atoms with Crippen molar-refractivity contribution in [2.24, 2.45) is 59.2 Å². The van der Waals surface area contributed by atoms with Gasteiger partial charge < -0.3 is 45.5 Å². The molecule has 3 aliphatic carbocycles. The average Bonchev–Trinajstić information content (AvgIpc) is 3.20. The quantitative estimate of drug-likeness (QED) is 0.142. The van der Waals surface area contributed by atoms with E-state index in [0.29, 0.717) is 0 Å². The number of aliphatic hydroxyl groups excluding tert-OH is 6. The minimum atomic E-state index is -0.140. The first-order valence-corrected chi connectivity index (χ1v) is 14.0. The van der Waals surface area contributed by atoms with Crippen LogP contribution < -0.4 is 0 Å². The summed E-state index contributed by atoms with van der Waals surface area (Å²) in [6, 6.07) is 0. The van der Waals surface area contributed by atoms with Crippen LogP contribution in [0.3, 0.4) is 0 Å². The van der Waals surface area contributed by atoms with Crippen LogP contribution in [0.5, 0.6) is 0 Å². The largest absolute Gasteiger partial charge is 0.400 e. The second-order valence-corrected chi connectivity index (χ2v) is 11.1. The Labute approximate surface area is 282 Å². The van der Waals surface area contributed by atoms with E-state index in [0.717, 1.165) is 113 Å². The normalized spacial score (nSPS) is 36.3. The molecule has 8 heteroatoms. The van der Waals surface area contributed by atoms with Crippen molar-refractivity contribution in [1.82, 2.24) is 0 Å². The van der Waals surface area contributed by atoms with Gasteiger partial charge in [0.1, 0.15) is 0 Å². The minimum absolute atomic E-state index is 0. The molecule has 0 aromatic heterocycles. The van der Waals surface area contributed by atoms with E-state index in [2.05, 4.69) is 69.2 Å². The van der Waals surface area contributed by atoms with Gasteiger partial charge in [-0.15, -0.1) is 0 Å². The second-order valence-electron chi connectivity index (χ2n) is 11.1. The molecule has 0 aromatic carbocycles. The third-order valence-electron chi connectivity index (χ3n) is 9.96. The van der Waals surface area contributed by atoms with Gasteiger partial charge in [0.25, 0.3) is 0 Å². The van der Waals surface area contributed by atoms with Gasteiger partial charge in [0.2, 0.25) is 0 Å². The van der Waals surface area contributed by atoms with Crippen molar-refractivity contribution in [3.63, 3.8) is 0 Å². The predicted octanol–water partition coefficient (Wildman–Crippen LogP) is 5.97. The smallest absolute Gasteiger partial charge is 0.0542 e. The number of rotatable bonds is 0. The first-order chi connectivity index (χ1) is 16.9. The van der Waals surface area contributed by atoms with Gasteiger partial charge in [0.15, 0.2) is 0 Å². The molecule has 0 atom stereocenters. The maximum absolute atomic E-state index is 8.92. The Morgan fingerprint density at radius 2 is 0.375 bits per heavy atom. The summed E-state index contributed by atoms with van der Waals surface area (Å²) in [5, 5.41) is 45.8. The number of hydrogen-bond acceptors (Lipinski definition) is 6. The van der Waals surface area contributed by atoms with Gasteiger partial charge in [-0.25, -0.2) is 0 Å². The van der Waals surface area contributed by atoms with E-state index < -0.39 is 0 Å². The van der Waals surface area contributed by atoms with Gasteiger partial charge in [-0.3, -0.25) is 0 Å². The Morgan fingerprint density at radius 3 is 0.450 bits per heavy atom. The van der Waals surface area contributed by atoms with E-state index in [-0.39, 0.29) is 70.5 Å². The molecule has 0 heterocycles. The van der Waals surface area contributed by atoms with Crippen LogP contribution in [-0.2, 0) is 43.4 Å². The van der Waals surface area contributed by atoms with Gasteiger partial charge in [-0.05, 0) is 84.9 Å². The van der Waals surface area contributed by atoms with Crippen molar-refractivity contribution in [3.05, 3.63) is 14.9 Å². The number of aliphatic hydroxyl groups is 6. The van der Waals surface area contributed by atoms with Gasteiger partial charge in [0.05, 0.1) is 12.2 Å². The maximum Gasteiger partial charge on any atom is 0.0542 e. The summed E-state index contributed by atoms with van der Waals surface area (Å²) < 4.78 is 0. The summed E-state index contributed by atoms with van der Waals surface area (Å²) in [5.74, 6) is 9.35. The molecule has 6 N–H and O–H groups in total. The van der Waals surface area contributed by atoms with E-state index in [4.69, 9.17) is 30.6 Å². The summed E-state index contributed by atoms with van der Waals surface area (Å²) in [6.07, 6.45) is 2.83. The van der Waals surface area contributed by atoms with E-state index >= 15 is 0 Å². The van der Waals surface area contributed by atoms with Crippen LogP contribution in [0.25, 0.3) is 0 Å². The zero-order valence-corrected chi connectivity index (χ0v) is 32.6. The predicted molar refractivity (Wildman–Crippen MR) is 168 cm³/mol. The first kappa shape index (κ1) is 60.4. The molecule has 248 valence electrons. The van der Waals surface area contributed by atoms with E-state index in [1.165, 1.54) is 0 Å². The molecule has 0 spiro atoms. The fourth-order valence-electron chi connectivity index (χ4n) is 5.85. The van der Waals surface area contributed by atoms with Crippen molar-refractivity contribution in [1.29, 1.82) is 0 Å². The molecule has 0 saturated heterocycles. The Kier molecular flexibility index (Phi) is 54.9. The summed E-state index contributed by atoms with van der Waals surface area (Å²) in [7, 11) is 4.00. The molecular formula is C32H74O6Ti2-2. The van der Waals surface area contributed by atoms with Crippen LogP contribution in [-0.4, -0.2) is 71.3 Å². The number of hydrogen-bond donors (Lipinski definition) is 6. The van der Waals surface area contributed by atoms with Crippen LogP contribution in [0.15, 0.2) is 0 Å². The molecule has 0 aromatic rings. The molecule has 6 nitrogen and oxygen atoms in total. The van der Waals surface area contributed by atoms with Crippen molar-refractivity contribution in [2.45, 2.75) is 107 Å². The maximum atomic E-state index is 8.92. The van der Waals surface area contributed by atoms with Crippen molar-refractivity contribution in [2.75, 3.05) is 28.4 Å². The van der Waals surface area contributed by atoms with Crippen LogP contribution in [0, 0.1) is 74.0 Å². The van der Waals surface area contributed by atoms with Crippen molar-refractivity contribution >= 4 is 0 Å². The summed E-state index contributed by atoms with van der Waals surface area (Å²) in [6.45, 7) is 24.0. The Morgan fingerprint density at radius 1 is 0.300 bits per heavy atom. The summed E-state index contributed by atoms with van der Waals surface area (Å²) in [5.41, 5.74) is 0. The van der Waals surface area contributed by atoms with Gasteiger partial charge >= 0.3 is 0 Å². The minimum Gasteiger partial charge on any atom is -0.400 e. The van der Waals surface area contributed by atoms with Crippen LogP contribution in [0.1, 0.15) is 94.9 Å². The van der Waals surface area contributed by atoms with E-state index in [9.17, 15) is 0 Å². The van der Waals surface area contributed by atoms with Gasteiger partial charge in [-0.2, -0.15) is 0 Å². The standard InChI is InChI=1S/2C10H20.C6H12O2.4CH4O.2CH3.2Ti/c2*1-6-7(2)9(4)10(5)8(6)3;7-5-1-2-6(8)4-3-5;4*1-2;;;;/h2*6-10H,1-5H3;5-8H,1-4H2;4*2H,1H3;2*1H3;;/q;;;;;;;2*-1;;. The molecule has 0 amide bonds. The average molecular weight is 651 g/mol. The molecule has 0 radical (unpaired) electrons. The molecule has 40 heavy (non-hydrogen) atoms. The zero-order chi connectivity index (χ0) is 29.8. The first-order valence-electron chi connectivity index (χ1n) is 14.0. The van der Waals surface area contributed by atoms with Crippen molar-refractivity contribution < 1.29 is 74.1 Å². The third-order valence-corrected chi connectivity index (χ3v) is 9.96. The summed E-state index contributed by atoms with van der Waals surface area (Å²) >= 11 is 0. The topological polar surface area (TPSA) is 121 Å². The van der Waals surface area contributed by atoms with Crippen molar-refractivity contribution in [3.8, 4) is 0 Å². The molecule has 3 fully saturated rings. The monoisotopic (exact) mass is 650 g/mol. The Balaban J connectivity index is -0.0000000545. The second kappa shape index (κ2) is 36.4. The fourth-order valence-corrected chi connectivity index (χ4v) is 5.85. The third kappa shape index (κ3) is 21.8. The van der Waals surface area contributed by atoms with Crippen LogP contribution in [0.4, 0.5) is 0 Å². The summed E-state index contributed by atoms with van der Waals surface area (Å²) in [4.78, 5) is 0. The fraction of sp³-hybridized carbons (Fsp3) is 0.938. The molecule has 3 aliphatic rings.